The zero-order valence-electron chi connectivity index (χ0n) is 14.0. The third-order valence-electron chi connectivity index (χ3n) is 4.17. The van der Waals surface area contributed by atoms with Crippen LogP contribution in [0.5, 0.6) is 0 Å². The number of nitriles is 1. The Morgan fingerprint density at radius 1 is 1.24 bits per heavy atom. The number of rotatable bonds is 7. The molecule has 2 aromatic carbocycles. The van der Waals surface area contributed by atoms with Crippen molar-refractivity contribution in [1.82, 2.24) is 0 Å². The summed E-state index contributed by atoms with van der Waals surface area (Å²) in [5, 5.41) is 12.3. The van der Waals surface area contributed by atoms with E-state index in [2.05, 4.69) is 11.4 Å². The van der Waals surface area contributed by atoms with Gasteiger partial charge in [0.15, 0.2) is 0 Å². The maximum Gasteiger partial charge on any atom is 0.124 e. The van der Waals surface area contributed by atoms with Crippen LogP contribution in [0.2, 0.25) is 0 Å². The first kappa shape index (κ1) is 17.4. The van der Waals surface area contributed by atoms with Gasteiger partial charge in [-0.3, -0.25) is 0 Å². The molecule has 0 radical (unpaired) electrons. The lowest BCUT2D eigenvalue weighted by molar-refractivity contribution is 0.0106. The van der Waals surface area contributed by atoms with E-state index in [-0.39, 0.29) is 6.10 Å². The molecule has 0 aliphatic carbocycles. The van der Waals surface area contributed by atoms with Gasteiger partial charge in [-0.1, -0.05) is 24.3 Å². The third-order valence-corrected chi connectivity index (χ3v) is 4.17. The maximum atomic E-state index is 13.2. The van der Waals surface area contributed by atoms with Crippen molar-refractivity contribution in [3.8, 4) is 6.07 Å². The zero-order valence-corrected chi connectivity index (χ0v) is 14.0. The molecular weight excluding hydrogens is 319 g/mol. The van der Waals surface area contributed by atoms with Crippen molar-refractivity contribution < 1.29 is 13.9 Å². The number of nitrogens with one attached hydrogen (secondary N) is 1. The summed E-state index contributed by atoms with van der Waals surface area (Å²) in [5.41, 5.74) is 3.10. The van der Waals surface area contributed by atoms with Gasteiger partial charge in [-0.15, -0.1) is 0 Å². The number of hydrogen-bond donors (Lipinski definition) is 1. The number of ether oxygens (including phenoxy) is 2. The Balaban J connectivity index is 1.54. The highest BCUT2D eigenvalue weighted by atomic mass is 19.1. The molecule has 0 amide bonds. The molecule has 1 unspecified atom stereocenters. The highest BCUT2D eigenvalue weighted by Crippen LogP contribution is 2.18. The van der Waals surface area contributed by atoms with Gasteiger partial charge in [0.05, 0.1) is 30.6 Å². The van der Waals surface area contributed by atoms with Crippen LogP contribution in [-0.2, 0) is 22.6 Å². The van der Waals surface area contributed by atoms with Gasteiger partial charge in [0.2, 0.25) is 0 Å². The summed E-state index contributed by atoms with van der Waals surface area (Å²) in [5.74, 6) is -0.410. The number of anilines is 1. The first-order valence-electron chi connectivity index (χ1n) is 8.45. The fourth-order valence-electron chi connectivity index (χ4n) is 2.87. The van der Waals surface area contributed by atoms with Crippen LogP contribution in [0.15, 0.2) is 42.5 Å². The zero-order chi connectivity index (χ0) is 17.5. The summed E-state index contributed by atoms with van der Waals surface area (Å²) in [4.78, 5) is 0. The second-order valence-corrected chi connectivity index (χ2v) is 6.13. The summed E-state index contributed by atoms with van der Waals surface area (Å²) in [6.07, 6.45) is 2.42. The number of nitrogens with zero attached hydrogens (tertiary/aromatic N) is 1. The van der Waals surface area contributed by atoms with Crippen molar-refractivity contribution in [3.63, 3.8) is 0 Å². The number of benzene rings is 2. The summed E-state index contributed by atoms with van der Waals surface area (Å²) >= 11 is 0. The molecule has 130 valence electrons. The van der Waals surface area contributed by atoms with E-state index in [1.165, 1.54) is 12.1 Å². The molecule has 5 heteroatoms. The van der Waals surface area contributed by atoms with Crippen molar-refractivity contribution in [2.45, 2.75) is 32.1 Å². The van der Waals surface area contributed by atoms with Crippen LogP contribution < -0.4 is 5.32 Å². The van der Waals surface area contributed by atoms with Gasteiger partial charge in [-0.25, -0.2) is 4.39 Å². The Labute approximate surface area is 147 Å². The lowest BCUT2D eigenvalue weighted by atomic mass is 10.1. The SMILES string of the molecule is N#Cc1cc(F)ccc1NCc1cccc(COCC2CCCO2)c1. The Bertz CT molecular complexity index is 752. The van der Waals surface area contributed by atoms with E-state index in [1.807, 2.05) is 24.3 Å². The highest BCUT2D eigenvalue weighted by molar-refractivity contribution is 5.57. The van der Waals surface area contributed by atoms with Gasteiger partial charge in [-0.05, 0) is 42.2 Å². The van der Waals surface area contributed by atoms with E-state index >= 15 is 0 Å². The monoisotopic (exact) mass is 340 g/mol. The standard InChI is InChI=1S/C20H21FN2O2/c21-18-6-7-20(17(10-18)11-22)23-12-15-3-1-4-16(9-15)13-24-14-19-5-2-8-25-19/h1,3-4,6-7,9-10,19,23H,2,5,8,12-14H2. The van der Waals surface area contributed by atoms with Crippen molar-refractivity contribution >= 4 is 5.69 Å². The van der Waals surface area contributed by atoms with Crippen LogP contribution in [0, 0.1) is 17.1 Å². The van der Waals surface area contributed by atoms with Gasteiger partial charge in [0.1, 0.15) is 11.9 Å². The Kier molecular flexibility index (Phi) is 5.99. The minimum Gasteiger partial charge on any atom is -0.380 e. The lowest BCUT2D eigenvalue weighted by Crippen LogP contribution is -2.13. The van der Waals surface area contributed by atoms with Gasteiger partial charge in [-0.2, -0.15) is 5.26 Å². The van der Waals surface area contributed by atoms with Crippen LogP contribution >= 0.6 is 0 Å². The molecule has 1 fully saturated rings. The van der Waals surface area contributed by atoms with Crippen molar-refractivity contribution in [2.75, 3.05) is 18.5 Å². The Morgan fingerprint density at radius 2 is 2.12 bits per heavy atom. The molecule has 0 bridgehead atoms. The molecule has 4 nitrogen and oxygen atoms in total. The third kappa shape index (κ3) is 5.02. The molecule has 1 N–H and O–H groups in total. The van der Waals surface area contributed by atoms with Crippen LogP contribution in [0.1, 0.15) is 29.5 Å². The van der Waals surface area contributed by atoms with Crippen LogP contribution in [0.4, 0.5) is 10.1 Å². The first-order valence-corrected chi connectivity index (χ1v) is 8.45. The molecule has 0 aromatic heterocycles. The van der Waals surface area contributed by atoms with Crippen molar-refractivity contribution in [3.05, 3.63) is 65.0 Å². The number of halogens is 1. The van der Waals surface area contributed by atoms with Gasteiger partial charge < -0.3 is 14.8 Å². The second-order valence-electron chi connectivity index (χ2n) is 6.13. The van der Waals surface area contributed by atoms with Gasteiger partial charge >= 0.3 is 0 Å². The second kappa shape index (κ2) is 8.61. The molecule has 1 aliphatic rings. The molecule has 2 aromatic rings. The quantitative estimate of drug-likeness (QED) is 0.827. The lowest BCUT2D eigenvalue weighted by Gasteiger charge is -2.12. The van der Waals surface area contributed by atoms with E-state index < -0.39 is 5.82 Å². The average Bonchev–Trinajstić information content (AvgIpc) is 3.14. The van der Waals surface area contributed by atoms with Crippen molar-refractivity contribution in [2.24, 2.45) is 0 Å². The minimum absolute atomic E-state index is 0.229. The van der Waals surface area contributed by atoms with Gasteiger partial charge in [0, 0.05) is 13.2 Å². The average molecular weight is 340 g/mol. The largest absolute Gasteiger partial charge is 0.380 e. The molecule has 1 atom stereocenters. The number of hydrogen-bond acceptors (Lipinski definition) is 4. The minimum atomic E-state index is -0.410. The fraction of sp³-hybridized carbons (Fsp3) is 0.350. The van der Waals surface area contributed by atoms with Crippen LogP contribution in [0.3, 0.4) is 0 Å². The smallest absolute Gasteiger partial charge is 0.124 e. The highest BCUT2D eigenvalue weighted by Gasteiger charge is 2.15. The van der Waals surface area contributed by atoms with Crippen molar-refractivity contribution in [1.29, 1.82) is 5.26 Å². The molecule has 3 rings (SSSR count). The molecule has 1 heterocycles. The maximum absolute atomic E-state index is 13.2. The Hall–Kier alpha value is -2.42. The molecule has 1 saturated heterocycles. The van der Waals surface area contributed by atoms with E-state index in [1.54, 1.807) is 6.07 Å². The normalized spacial score (nSPS) is 16.6. The van der Waals surface area contributed by atoms with Crippen LogP contribution in [-0.4, -0.2) is 19.3 Å². The van der Waals surface area contributed by atoms with E-state index in [4.69, 9.17) is 14.7 Å². The summed E-state index contributed by atoms with van der Waals surface area (Å²) in [6, 6.07) is 14.3. The predicted octanol–water partition coefficient (Wildman–Crippen LogP) is 4.01. The summed E-state index contributed by atoms with van der Waals surface area (Å²) in [6.45, 7) is 2.57. The topological polar surface area (TPSA) is 54.3 Å². The van der Waals surface area contributed by atoms with Crippen LogP contribution in [0.25, 0.3) is 0 Å². The molecule has 0 spiro atoms. The predicted molar refractivity (Wildman–Crippen MR) is 93.5 cm³/mol. The van der Waals surface area contributed by atoms with E-state index in [9.17, 15) is 4.39 Å². The van der Waals surface area contributed by atoms with E-state index in [0.717, 1.165) is 30.6 Å². The molecular formula is C20H21FN2O2. The van der Waals surface area contributed by atoms with Gasteiger partial charge in [0.25, 0.3) is 0 Å². The summed E-state index contributed by atoms with van der Waals surface area (Å²) < 4.78 is 24.5. The summed E-state index contributed by atoms with van der Waals surface area (Å²) in [7, 11) is 0. The van der Waals surface area contributed by atoms with E-state index in [0.29, 0.717) is 31.0 Å². The molecule has 0 saturated carbocycles. The Morgan fingerprint density at radius 3 is 2.92 bits per heavy atom. The fourth-order valence-corrected chi connectivity index (χ4v) is 2.87. The molecule has 1 aliphatic heterocycles. The first-order chi connectivity index (χ1) is 12.2. The molecule has 25 heavy (non-hydrogen) atoms.